The first-order valence-electron chi connectivity index (χ1n) is 5.49. The van der Waals surface area contributed by atoms with Gasteiger partial charge in [-0.1, -0.05) is 12.5 Å². The molecule has 0 saturated carbocycles. The average molecular weight is 239 g/mol. The highest BCUT2D eigenvalue weighted by Gasteiger charge is 2.16. The molecule has 1 aromatic carbocycles. The summed E-state index contributed by atoms with van der Waals surface area (Å²) in [6.07, 6.45) is 2.49. The Morgan fingerprint density at radius 1 is 1.41 bits per heavy atom. The number of nitrogens with two attached hydrogens (primary N) is 2. The Balaban J connectivity index is 2.77. The molecule has 0 bridgehead atoms. The third-order valence-corrected chi connectivity index (χ3v) is 2.59. The van der Waals surface area contributed by atoms with Gasteiger partial charge >= 0.3 is 5.69 Å². The minimum atomic E-state index is -0.620. The molecule has 0 saturated heterocycles. The number of benzene rings is 1. The Labute approximate surface area is 99.4 Å². The number of hydrogen-bond donors (Lipinski definition) is 3. The molecule has 0 amide bonds. The van der Waals surface area contributed by atoms with E-state index in [1.807, 2.05) is 0 Å². The fraction of sp³-hybridized carbons (Fsp3) is 0.455. The highest BCUT2D eigenvalue weighted by molar-refractivity contribution is 5.48. The van der Waals surface area contributed by atoms with Crippen LogP contribution in [0.25, 0.3) is 0 Å². The summed E-state index contributed by atoms with van der Waals surface area (Å²) < 4.78 is 0. The summed E-state index contributed by atoms with van der Waals surface area (Å²) in [5.74, 6) is -0.340. The van der Waals surface area contributed by atoms with Crippen molar-refractivity contribution in [1.29, 1.82) is 0 Å². The molecule has 0 unspecified atom stereocenters. The van der Waals surface area contributed by atoms with Gasteiger partial charge in [0.05, 0.1) is 4.92 Å². The summed E-state index contributed by atoms with van der Waals surface area (Å²) >= 11 is 0. The van der Waals surface area contributed by atoms with Crippen LogP contribution < -0.4 is 11.5 Å². The van der Waals surface area contributed by atoms with Gasteiger partial charge in [-0.2, -0.15) is 0 Å². The van der Waals surface area contributed by atoms with E-state index in [1.54, 1.807) is 6.07 Å². The van der Waals surface area contributed by atoms with Crippen LogP contribution in [-0.4, -0.2) is 16.6 Å². The van der Waals surface area contributed by atoms with Gasteiger partial charge in [0, 0.05) is 12.1 Å². The fourth-order valence-electron chi connectivity index (χ4n) is 1.59. The Hall–Kier alpha value is -1.66. The number of unbranched alkanes of at least 4 members (excludes halogenated alkanes) is 1. The lowest BCUT2D eigenvalue weighted by molar-refractivity contribution is -0.385. The van der Waals surface area contributed by atoms with E-state index in [0.29, 0.717) is 12.1 Å². The quantitative estimate of drug-likeness (QED) is 0.394. The summed E-state index contributed by atoms with van der Waals surface area (Å²) in [5, 5.41) is 19.9. The van der Waals surface area contributed by atoms with Crippen LogP contribution in [0.5, 0.6) is 5.75 Å². The molecule has 0 heterocycles. The fourth-order valence-corrected chi connectivity index (χ4v) is 1.59. The van der Waals surface area contributed by atoms with Gasteiger partial charge in [0.1, 0.15) is 0 Å². The van der Waals surface area contributed by atoms with Crippen molar-refractivity contribution in [1.82, 2.24) is 0 Å². The molecule has 6 nitrogen and oxygen atoms in total. The molecule has 17 heavy (non-hydrogen) atoms. The number of aromatic hydroxyl groups is 1. The van der Waals surface area contributed by atoms with E-state index in [0.717, 1.165) is 19.3 Å². The van der Waals surface area contributed by atoms with E-state index < -0.39 is 4.92 Å². The predicted molar refractivity (Wildman–Crippen MR) is 64.6 cm³/mol. The van der Waals surface area contributed by atoms with Crippen LogP contribution in [0.4, 0.5) is 5.69 Å². The number of nitro benzene ring substituents is 1. The van der Waals surface area contributed by atoms with Crippen LogP contribution in [0.3, 0.4) is 0 Å². The zero-order valence-corrected chi connectivity index (χ0v) is 9.50. The van der Waals surface area contributed by atoms with E-state index in [1.165, 1.54) is 12.1 Å². The highest BCUT2D eigenvalue weighted by Crippen LogP contribution is 2.29. The molecule has 0 fully saturated rings. The lowest BCUT2D eigenvalue weighted by atomic mass is 10.0. The summed E-state index contributed by atoms with van der Waals surface area (Å²) in [7, 11) is 0. The Morgan fingerprint density at radius 3 is 2.71 bits per heavy atom. The molecule has 94 valence electrons. The molecular weight excluding hydrogens is 222 g/mol. The molecule has 0 radical (unpaired) electrons. The van der Waals surface area contributed by atoms with Crippen LogP contribution >= 0.6 is 0 Å². The van der Waals surface area contributed by atoms with Gasteiger partial charge in [-0.15, -0.1) is 0 Å². The Bertz CT molecular complexity index is 396. The molecule has 1 rings (SSSR count). The molecular formula is C11H17N3O3. The first kappa shape index (κ1) is 13.4. The van der Waals surface area contributed by atoms with Crippen LogP contribution in [0.2, 0.25) is 0 Å². The van der Waals surface area contributed by atoms with Gasteiger partial charge in [-0.05, 0) is 31.0 Å². The number of rotatable bonds is 6. The van der Waals surface area contributed by atoms with E-state index in [9.17, 15) is 15.2 Å². The normalized spacial score (nSPS) is 12.4. The van der Waals surface area contributed by atoms with Crippen molar-refractivity contribution in [3.8, 4) is 5.75 Å². The van der Waals surface area contributed by atoms with Crippen LogP contribution in [-0.2, 0) is 0 Å². The minimum absolute atomic E-state index is 0.263. The monoisotopic (exact) mass is 239 g/mol. The van der Waals surface area contributed by atoms with Crippen molar-refractivity contribution < 1.29 is 10.0 Å². The maximum Gasteiger partial charge on any atom is 0.311 e. The van der Waals surface area contributed by atoms with E-state index >= 15 is 0 Å². The maximum atomic E-state index is 10.6. The van der Waals surface area contributed by atoms with Gasteiger partial charge in [-0.25, -0.2) is 0 Å². The molecule has 5 N–H and O–H groups in total. The zero-order valence-electron chi connectivity index (χ0n) is 9.50. The molecule has 0 spiro atoms. The summed E-state index contributed by atoms with van der Waals surface area (Å²) in [6, 6.07) is 3.97. The number of hydrogen-bond acceptors (Lipinski definition) is 5. The van der Waals surface area contributed by atoms with Crippen LogP contribution in [0.1, 0.15) is 30.9 Å². The van der Waals surface area contributed by atoms with Gasteiger partial charge < -0.3 is 16.6 Å². The van der Waals surface area contributed by atoms with E-state index in [-0.39, 0.29) is 17.5 Å². The van der Waals surface area contributed by atoms with Crippen molar-refractivity contribution in [2.24, 2.45) is 11.5 Å². The van der Waals surface area contributed by atoms with Gasteiger partial charge in [0.2, 0.25) is 0 Å². The zero-order chi connectivity index (χ0) is 12.8. The third kappa shape index (κ3) is 3.69. The van der Waals surface area contributed by atoms with Gasteiger partial charge in [0.15, 0.2) is 5.75 Å². The highest BCUT2D eigenvalue weighted by atomic mass is 16.6. The second kappa shape index (κ2) is 6.17. The number of nitrogens with zero attached hydrogens (tertiary/aromatic N) is 1. The number of nitro groups is 1. The van der Waals surface area contributed by atoms with Gasteiger partial charge in [0.25, 0.3) is 0 Å². The first-order chi connectivity index (χ1) is 8.06. The summed E-state index contributed by atoms with van der Waals surface area (Å²) in [5.41, 5.74) is 11.6. The lowest BCUT2D eigenvalue weighted by Crippen LogP contribution is -2.11. The maximum absolute atomic E-state index is 10.6. The van der Waals surface area contributed by atoms with Crippen molar-refractivity contribution in [3.05, 3.63) is 33.9 Å². The largest absolute Gasteiger partial charge is 0.502 e. The topological polar surface area (TPSA) is 115 Å². The SMILES string of the molecule is NCCCC[C@H](N)c1ccc(O)c([N+](=O)[O-])c1. The molecule has 0 aliphatic heterocycles. The van der Waals surface area contributed by atoms with Crippen molar-refractivity contribution in [2.75, 3.05) is 6.54 Å². The smallest absolute Gasteiger partial charge is 0.311 e. The number of phenolic OH excluding ortho intramolecular Hbond substituents is 1. The molecule has 0 aromatic heterocycles. The summed E-state index contributed by atoms with van der Waals surface area (Å²) in [4.78, 5) is 10.0. The minimum Gasteiger partial charge on any atom is -0.502 e. The molecule has 6 heteroatoms. The molecule has 0 aliphatic rings. The second-order valence-electron chi connectivity index (χ2n) is 3.90. The van der Waals surface area contributed by atoms with E-state index in [4.69, 9.17) is 11.5 Å². The average Bonchev–Trinajstić information content (AvgIpc) is 2.29. The standard InChI is InChI=1S/C11H17N3O3/c12-6-2-1-3-9(13)8-4-5-11(15)10(7-8)14(16)17/h4-5,7,9,15H,1-3,6,12-13H2/t9-/m0/s1. The molecule has 1 aromatic rings. The Kier molecular flexibility index (Phi) is 4.86. The summed E-state index contributed by atoms with van der Waals surface area (Å²) in [6.45, 7) is 0.614. The van der Waals surface area contributed by atoms with Crippen molar-refractivity contribution >= 4 is 5.69 Å². The molecule has 1 atom stereocenters. The predicted octanol–water partition coefficient (Wildman–Crippen LogP) is 1.43. The second-order valence-corrected chi connectivity index (χ2v) is 3.90. The first-order valence-corrected chi connectivity index (χ1v) is 5.49. The molecule has 0 aliphatic carbocycles. The lowest BCUT2D eigenvalue weighted by Gasteiger charge is -2.11. The third-order valence-electron chi connectivity index (χ3n) is 2.59. The van der Waals surface area contributed by atoms with Crippen molar-refractivity contribution in [3.63, 3.8) is 0 Å². The van der Waals surface area contributed by atoms with Crippen LogP contribution in [0.15, 0.2) is 18.2 Å². The van der Waals surface area contributed by atoms with Crippen molar-refractivity contribution in [2.45, 2.75) is 25.3 Å². The van der Waals surface area contributed by atoms with E-state index in [2.05, 4.69) is 0 Å². The van der Waals surface area contributed by atoms with Crippen LogP contribution in [0, 0.1) is 10.1 Å². The van der Waals surface area contributed by atoms with Gasteiger partial charge in [-0.3, -0.25) is 10.1 Å². The number of phenols is 1. The Morgan fingerprint density at radius 2 is 2.12 bits per heavy atom.